The predicted octanol–water partition coefficient (Wildman–Crippen LogP) is 5.25. The number of carbonyl (C=O) groups excluding carboxylic acids is 2. The maximum Gasteiger partial charge on any atom is 0.301 e. The van der Waals surface area contributed by atoms with Crippen LogP contribution in [0, 0.1) is 11.8 Å². The van der Waals surface area contributed by atoms with Crippen molar-refractivity contribution < 1.29 is 27.2 Å². The number of hydrogen-bond acceptors (Lipinski definition) is 8. The highest BCUT2D eigenvalue weighted by molar-refractivity contribution is 5.96. The van der Waals surface area contributed by atoms with Crippen molar-refractivity contribution in [2.75, 3.05) is 18.4 Å². The second-order valence-corrected chi connectivity index (χ2v) is 11.2. The van der Waals surface area contributed by atoms with Gasteiger partial charge < -0.3 is 14.6 Å². The van der Waals surface area contributed by atoms with E-state index < -0.39 is 30.4 Å². The van der Waals surface area contributed by atoms with Crippen molar-refractivity contribution >= 4 is 28.6 Å². The topological polar surface area (TPSA) is 132 Å². The van der Waals surface area contributed by atoms with Crippen molar-refractivity contribution in [2.24, 2.45) is 11.8 Å². The zero-order valence-electron chi connectivity index (χ0n) is 23.8. The Morgan fingerprint density at radius 2 is 1.80 bits per heavy atom. The Labute approximate surface area is 254 Å². The minimum atomic E-state index is -2.82. The lowest BCUT2D eigenvalue weighted by Gasteiger charge is -2.35. The third-order valence-electron chi connectivity index (χ3n) is 8.23. The van der Waals surface area contributed by atoms with Crippen LogP contribution in [-0.4, -0.2) is 66.2 Å². The van der Waals surface area contributed by atoms with Crippen LogP contribution in [-0.2, 0) is 4.79 Å². The summed E-state index contributed by atoms with van der Waals surface area (Å²) < 4.78 is 45.6. The lowest BCUT2D eigenvalue weighted by Crippen LogP contribution is -2.41. The molecular formula is C31H27F3N8O3. The largest absolute Gasteiger partial charge is 0.436 e. The summed E-state index contributed by atoms with van der Waals surface area (Å²) in [7, 11) is 0. The van der Waals surface area contributed by atoms with Gasteiger partial charge in [-0.1, -0.05) is 30.3 Å². The minimum absolute atomic E-state index is 0.0208. The summed E-state index contributed by atoms with van der Waals surface area (Å²) in [5, 5.41) is 14.1. The highest BCUT2D eigenvalue weighted by Crippen LogP contribution is 2.36. The van der Waals surface area contributed by atoms with Crippen molar-refractivity contribution in [1.29, 1.82) is 0 Å². The predicted molar refractivity (Wildman–Crippen MR) is 155 cm³/mol. The molecule has 1 saturated carbocycles. The van der Waals surface area contributed by atoms with E-state index in [-0.39, 0.29) is 35.7 Å². The van der Waals surface area contributed by atoms with Gasteiger partial charge in [0.1, 0.15) is 23.4 Å². The molecule has 14 heteroatoms. The van der Waals surface area contributed by atoms with E-state index in [2.05, 4.69) is 30.7 Å². The maximum atomic E-state index is 13.5. The number of likely N-dealkylation sites (tertiary alicyclic amines) is 1. The lowest BCUT2D eigenvalue weighted by molar-refractivity contribution is -0.117. The number of hydrogen-bond donors (Lipinski definition) is 1. The van der Waals surface area contributed by atoms with Crippen LogP contribution in [0.4, 0.5) is 18.9 Å². The van der Waals surface area contributed by atoms with E-state index in [9.17, 15) is 22.8 Å². The van der Waals surface area contributed by atoms with E-state index in [0.717, 1.165) is 5.56 Å². The van der Waals surface area contributed by atoms with Gasteiger partial charge in [0.15, 0.2) is 5.58 Å². The first-order chi connectivity index (χ1) is 21.8. The van der Waals surface area contributed by atoms with Crippen molar-refractivity contribution in [1.82, 2.24) is 35.1 Å². The molecule has 1 saturated heterocycles. The first-order valence-corrected chi connectivity index (χ1v) is 14.6. The number of benzene rings is 2. The first kappa shape index (κ1) is 28.6. The van der Waals surface area contributed by atoms with Crippen LogP contribution in [0.15, 0.2) is 71.3 Å². The Morgan fingerprint density at radius 1 is 1.02 bits per heavy atom. The summed E-state index contributed by atoms with van der Waals surface area (Å²) in [6, 6.07) is 17.3. The molecule has 0 spiro atoms. The van der Waals surface area contributed by atoms with Gasteiger partial charge in [-0.15, -0.1) is 10.2 Å². The van der Waals surface area contributed by atoms with Crippen LogP contribution in [0.25, 0.3) is 22.6 Å². The number of nitrogens with zero attached hydrogens (tertiary/aromatic N) is 7. The molecule has 1 N–H and O–H groups in total. The fourth-order valence-electron chi connectivity index (χ4n) is 5.75. The van der Waals surface area contributed by atoms with E-state index in [1.165, 1.54) is 11.0 Å². The molecule has 230 valence electrons. The number of aromatic nitrogens is 6. The number of halogens is 3. The number of anilines is 1. The van der Waals surface area contributed by atoms with Crippen LogP contribution in [0.5, 0.6) is 0 Å². The Morgan fingerprint density at radius 3 is 2.51 bits per heavy atom. The monoisotopic (exact) mass is 616 g/mol. The van der Waals surface area contributed by atoms with Gasteiger partial charge in [0.2, 0.25) is 17.6 Å². The van der Waals surface area contributed by atoms with Crippen LogP contribution in [0.2, 0.25) is 0 Å². The molecule has 45 heavy (non-hydrogen) atoms. The molecule has 0 radical (unpaired) electrons. The van der Waals surface area contributed by atoms with Crippen LogP contribution in [0.1, 0.15) is 53.6 Å². The van der Waals surface area contributed by atoms with Crippen LogP contribution >= 0.6 is 0 Å². The molecule has 2 amide bonds. The Balaban J connectivity index is 1.05. The smallest absolute Gasteiger partial charge is 0.301 e. The molecule has 7 rings (SSSR count). The van der Waals surface area contributed by atoms with Gasteiger partial charge >= 0.3 is 6.43 Å². The van der Waals surface area contributed by atoms with Crippen LogP contribution in [0.3, 0.4) is 0 Å². The van der Waals surface area contributed by atoms with Gasteiger partial charge in [-0.05, 0) is 66.3 Å². The van der Waals surface area contributed by atoms with Gasteiger partial charge in [0, 0.05) is 30.5 Å². The number of alkyl halides is 3. The number of fused-ring (bicyclic) bond motifs is 1. The van der Waals surface area contributed by atoms with Crippen molar-refractivity contribution in [3.05, 3.63) is 83.9 Å². The molecule has 1 unspecified atom stereocenters. The minimum Gasteiger partial charge on any atom is -0.436 e. The van der Waals surface area contributed by atoms with Gasteiger partial charge in [-0.2, -0.15) is 4.80 Å². The summed E-state index contributed by atoms with van der Waals surface area (Å²) in [5.74, 6) is -1.58. The van der Waals surface area contributed by atoms with Gasteiger partial charge in [0.25, 0.3) is 5.91 Å². The van der Waals surface area contributed by atoms with E-state index in [4.69, 9.17) is 4.42 Å². The van der Waals surface area contributed by atoms with E-state index in [0.29, 0.717) is 48.3 Å². The number of nitrogens with one attached hydrogen (secondary N) is 1. The van der Waals surface area contributed by atoms with Crippen molar-refractivity contribution in [3.63, 3.8) is 0 Å². The third-order valence-corrected chi connectivity index (χ3v) is 8.23. The number of piperidine rings is 1. The molecular weight excluding hydrogens is 589 g/mol. The van der Waals surface area contributed by atoms with E-state index in [1.807, 2.05) is 30.3 Å². The first-order valence-electron chi connectivity index (χ1n) is 14.6. The Hall–Kier alpha value is -5.14. The zero-order valence-corrected chi connectivity index (χ0v) is 23.8. The Kier molecular flexibility index (Phi) is 7.47. The number of pyridine rings is 1. The average molecular weight is 617 g/mol. The second kappa shape index (κ2) is 11.7. The van der Waals surface area contributed by atoms with Crippen molar-refractivity contribution in [2.45, 2.75) is 37.9 Å². The summed E-state index contributed by atoms with van der Waals surface area (Å²) >= 11 is 0. The molecule has 4 heterocycles. The second-order valence-electron chi connectivity index (χ2n) is 11.2. The maximum absolute atomic E-state index is 13.5. The normalized spacial score (nSPS) is 19.2. The molecule has 3 aromatic heterocycles. The number of amides is 2. The van der Waals surface area contributed by atoms with Crippen LogP contribution < -0.4 is 5.32 Å². The van der Waals surface area contributed by atoms with E-state index >= 15 is 0 Å². The molecule has 1 aliphatic carbocycles. The SMILES string of the molecule is O=C(Nc1ccc2oc(-c3ccnc(C(=O)N4CCC(C(c5ccccc5)n5nnc(C(F)F)n5)CC4)c3)nc2c1)[C@@H]1C[C@@H]1F. The summed E-state index contributed by atoms with van der Waals surface area (Å²) in [4.78, 5) is 37.4. The average Bonchev–Trinajstić information content (AvgIpc) is 3.40. The standard InChI is InChI=1S/C31H27F3N8O3/c32-22-16-21(22)29(43)36-20-6-7-25-23(15-20)37-30(45-25)19-8-11-35-24(14-19)31(44)41-12-9-18(10-13-41)26(17-4-2-1-3-5-17)42-39-28(27(33)34)38-40-42/h1-8,11,14-15,18,21-22,26-27H,9-10,12-13,16H2,(H,36,43)/t21-,22+,26?/m1/s1. The fraction of sp³-hybridized carbons (Fsp3) is 0.323. The lowest BCUT2D eigenvalue weighted by atomic mass is 9.85. The van der Waals surface area contributed by atoms with Gasteiger partial charge in [-0.25, -0.2) is 18.2 Å². The summed E-state index contributed by atoms with van der Waals surface area (Å²) in [6.07, 6.45) is -0.977. The number of carbonyl (C=O) groups is 2. The van der Waals surface area contributed by atoms with Gasteiger partial charge in [0.05, 0.1) is 5.92 Å². The number of rotatable bonds is 8. The number of oxazole rings is 1. The Bertz CT molecular complexity index is 1860. The zero-order chi connectivity index (χ0) is 31.1. The van der Waals surface area contributed by atoms with Crippen molar-refractivity contribution in [3.8, 4) is 11.5 Å². The quantitative estimate of drug-likeness (QED) is 0.250. The summed E-state index contributed by atoms with van der Waals surface area (Å²) in [5.41, 5.74) is 3.13. The molecule has 1 aliphatic heterocycles. The highest BCUT2D eigenvalue weighted by Gasteiger charge is 2.43. The molecule has 5 aromatic rings. The molecule has 2 aliphatic rings. The third kappa shape index (κ3) is 5.87. The fourth-order valence-corrected chi connectivity index (χ4v) is 5.75. The number of tetrazole rings is 1. The summed E-state index contributed by atoms with van der Waals surface area (Å²) in [6.45, 7) is 0.854. The molecule has 11 nitrogen and oxygen atoms in total. The molecule has 0 bridgehead atoms. The molecule has 3 atom stereocenters. The molecule has 2 fully saturated rings. The van der Waals surface area contributed by atoms with Gasteiger partial charge in [-0.3, -0.25) is 14.6 Å². The molecule has 2 aromatic carbocycles. The van der Waals surface area contributed by atoms with E-state index in [1.54, 1.807) is 35.2 Å². The highest BCUT2D eigenvalue weighted by atomic mass is 19.3.